The van der Waals surface area contributed by atoms with Crippen LogP contribution >= 0.6 is 0 Å². The Morgan fingerprint density at radius 2 is 0.556 bits per heavy atom. The number of aliphatic hydroxyl groups is 8. The number of ether oxygens (including phenoxy) is 4. The predicted octanol–water partition coefficient (Wildman–Crippen LogP) is -6.27. The summed E-state index contributed by atoms with van der Waals surface area (Å²) in [5.41, 5.74) is -4.72. The lowest BCUT2D eigenvalue weighted by Gasteiger charge is -2.15. The highest BCUT2D eigenvalue weighted by Gasteiger charge is 2.48. The molecule has 4 aliphatic heterocycles. The fourth-order valence-electron chi connectivity index (χ4n) is 7.41. The first-order valence-electron chi connectivity index (χ1n) is 21.4. The van der Waals surface area contributed by atoms with Gasteiger partial charge < -0.3 is 59.8 Å². The van der Waals surface area contributed by atoms with E-state index in [1.165, 1.54) is 27.7 Å². The van der Waals surface area contributed by atoms with E-state index in [0.29, 0.717) is 0 Å². The molecule has 8 rings (SSSR count). The standard InChI is InChI=1S/4C10H13FN2O5/c4*1-4-2-13(10(17)12-8(4)16)9-6(11)7(15)5(3-14)18-9/h4*2,5-7,9,14-15H,3H2,1H3,(H,12,16,17)/t4*5-,6+,7-,9-/m0000/s1. The molecule has 0 aliphatic carbocycles. The zero-order chi connectivity index (χ0) is 53.8. The van der Waals surface area contributed by atoms with Gasteiger partial charge in [-0.3, -0.25) is 57.4 Å². The summed E-state index contributed by atoms with van der Waals surface area (Å²) in [5, 5.41) is 73.4. The van der Waals surface area contributed by atoms with Crippen LogP contribution in [0.2, 0.25) is 0 Å². The maximum Gasteiger partial charge on any atom is 0.330 e. The van der Waals surface area contributed by atoms with Crippen molar-refractivity contribution in [2.45, 2.75) is 126 Å². The molecular formula is C40H52F4N8O20. The Morgan fingerprint density at radius 3 is 0.694 bits per heavy atom. The summed E-state index contributed by atoms with van der Waals surface area (Å²) in [6.45, 7) is 3.58. The van der Waals surface area contributed by atoms with Gasteiger partial charge in [0.2, 0.25) is 0 Å². The van der Waals surface area contributed by atoms with Gasteiger partial charge in [-0.15, -0.1) is 0 Å². The fourth-order valence-corrected chi connectivity index (χ4v) is 7.41. The molecule has 12 N–H and O–H groups in total. The Kier molecular flexibility index (Phi) is 18.7. The average molecular weight is 1040 g/mol. The summed E-state index contributed by atoms with van der Waals surface area (Å²) < 4.78 is 78.8. The molecule has 4 aromatic heterocycles. The minimum Gasteiger partial charge on any atom is -0.394 e. The van der Waals surface area contributed by atoms with Crippen molar-refractivity contribution in [2.75, 3.05) is 26.4 Å². The number of aliphatic hydroxyl groups excluding tert-OH is 8. The van der Waals surface area contributed by atoms with Gasteiger partial charge in [-0.05, 0) is 27.7 Å². The van der Waals surface area contributed by atoms with E-state index in [1.807, 2.05) is 19.9 Å². The van der Waals surface area contributed by atoms with E-state index in [9.17, 15) is 76.3 Å². The fraction of sp³-hybridized carbons (Fsp3) is 0.600. The largest absolute Gasteiger partial charge is 0.394 e. The van der Waals surface area contributed by atoms with Crippen molar-refractivity contribution >= 4 is 0 Å². The van der Waals surface area contributed by atoms with Crippen LogP contribution in [0.1, 0.15) is 47.2 Å². The molecule has 8 heterocycles. The van der Waals surface area contributed by atoms with Gasteiger partial charge in [-0.1, -0.05) is 0 Å². The molecule has 4 aliphatic rings. The van der Waals surface area contributed by atoms with Crippen LogP contribution in [0.4, 0.5) is 17.6 Å². The van der Waals surface area contributed by atoms with Crippen molar-refractivity contribution in [3.8, 4) is 0 Å². The Morgan fingerprint density at radius 1 is 0.389 bits per heavy atom. The topological polar surface area (TPSA) is 418 Å². The van der Waals surface area contributed by atoms with Crippen LogP contribution in [0.5, 0.6) is 0 Å². The smallest absolute Gasteiger partial charge is 0.330 e. The van der Waals surface area contributed by atoms with Gasteiger partial charge in [0.1, 0.15) is 48.8 Å². The minimum atomic E-state index is -1.86. The first kappa shape index (κ1) is 56.9. The van der Waals surface area contributed by atoms with Crippen molar-refractivity contribution in [1.82, 2.24) is 38.2 Å². The Labute approximate surface area is 398 Å². The Balaban J connectivity index is 0.000000178. The molecule has 0 radical (unpaired) electrons. The van der Waals surface area contributed by atoms with Gasteiger partial charge in [0.25, 0.3) is 22.2 Å². The van der Waals surface area contributed by atoms with Crippen molar-refractivity contribution in [1.29, 1.82) is 0 Å². The van der Waals surface area contributed by atoms with Gasteiger partial charge >= 0.3 is 22.8 Å². The Hall–Kier alpha value is -6.04. The van der Waals surface area contributed by atoms with Crippen LogP contribution in [0, 0.1) is 27.7 Å². The van der Waals surface area contributed by atoms with Crippen LogP contribution in [0.3, 0.4) is 0 Å². The third-order valence-corrected chi connectivity index (χ3v) is 11.6. The summed E-state index contributed by atoms with van der Waals surface area (Å²) in [7, 11) is 0. The predicted molar refractivity (Wildman–Crippen MR) is 232 cm³/mol. The zero-order valence-corrected chi connectivity index (χ0v) is 38.2. The molecule has 4 aromatic rings. The summed E-state index contributed by atoms with van der Waals surface area (Å²) in [5.74, 6) is 0. The molecule has 72 heavy (non-hydrogen) atoms. The van der Waals surface area contributed by atoms with Crippen LogP contribution in [0.25, 0.3) is 0 Å². The van der Waals surface area contributed by atoms with E-state index in [4.69, 9.17) is 39.4 Å². The van der Waals surface area contributed by atoms with E-state index < -0.39 is 170 Å². The zero-order valence-electron chi connectivity index (χ0n) is 38.2. The molecule has 0 aromatic carbocycles. The quantitative estimate of drug-likeness (QED) is 0.0731. The van der Waals surface area contributed by atoms with Gasteiger partial charge in [0.15, 0.2) is 49.6 Å². The molecule has 0 amide bonds. The molecule has 0 bridgehead atoms. The third kappa shape index (κ3) is 11.9. The maximum atomic E-state index is 13.8. The van der Waals surface area contributed by atoms with Crippen molar-refractivity contribution in [3.63, 3.8) is 0 Å². The number of aromatic nitrogens is 8. The van der Waals surface area contributed by atoms with Gasteiger partial charge in [-0.25, -0.2) is 36.7 Å². The molecule has 0 saturated carbocycles. The number of halogens is 4. The molecule has 16 atom stereocenters. The third-order valence-electron chi connectivity index (χ3n) is 11.6. The number of H-pyrrole nitrogens is 4. The monoisotopic (exact) mass is 1040 g/mol. The van der Waals surface area contributed by atoms with Crippen molar-refractivity contribution in [2.24, 2.45) is 0 Å². The van der Waals surface area contributed by atoms with Crippen molar-refractivity contribution < 1.29 is 77.4 Å². The van der Waals surface area contributed by atoms with Crippen LogP contribution in [-0.4, -0.2) is 179 Å². The Bertz CT molecular complexity index is 2610. The van der Waals surface area contributed by atoms with Gasteiger partial charge in [0, 0.05) is 47.0 Å². The highest BCUT2D eigenvalue weighted by molar-refractivity contribution is 5.06. The average Bonchev–Trinajstić information content (AvgIpc) is 4.01. The SMILES string of the molecule is Cc1cn([C@H]2O[C@@H](CO)[C@H](O)[C@H]2F)c(=O)[nH]c1=O.Cc1cn([C@H]2O[C@@H](CO)[C@H](O)[C@H]2F)c(=O)[nH]c1=O.Cc1cn([C@H]2O[C@@H](CO)[C@H](O)[C@H]2F)c(=O)[nH]c1=O.Cc1cn([C@H]2O[C@@H](CO)[C@H](O)[C@H]2F)c(=O)[nH]c1=O. The number of nitrogens with one attached hydrogen (secondary N) is 4. The maximum absolute atomic E-state index is 13.8. The van der Waals surface area contributed by atoms with E-state index in [1.54, 1.807) is 0 Å². The number of hydrogen-bond acceptors (Lipinski definition) is 20. The first-order chi connectivity index (χ1) is 33.8. The summed E-state index contributed by atoms with van der Waals surface area (Å²) >= 11 is 0. The summed E-state index contributed by atoms with van der Waals surface area (Å²) in [6, 6.07) is 0. The summed E-state index contributed by atoms with van der Waals surface area (Å²) in [4.78, 5) is 98.9. The van der Waals surface area contributed by atoms with E-state index in [0.717, 1.165) is 43.1 Å². The van der Waals surface area contributed by atoms with Gasteiger partial charge in [0.05, 0.1) is 26.4 Å². The molecule has 32 heteroatoms. The number of hydrogen-bond donors (Lipinski definition) is 12. The number of nitrogens with zero attached hydrogens (tertiary/aromatic N) is 4. The number of rotatable bonds is 8. The highest BCUT2D eigenvalue weighted by Crippen LogP contribution is 2.33. The molecule has 0 spiro atoms. The second kappa shape index (κ2) is 23.7. The highest BCUT2D eigenvalue weighted by atomic mass is 19.1. The van der Waals surface area contributed by atoms with E-state index in [2.05, 4.69) is 0 Å². The number of alkyl halides is 4. The van der Waals surface area contributed by atoms with E-state index >= 15 is 0 Å². The molecular weight excluding hydrogens is 988 g/mol. The normalized spacial score (nSPS) is 31.8. The number of aryl methyl sites for hydroxylation is 4. The summed E-state index contributed by atoms with van der Waals surface area (Å²) in [6.07, 6.45) is -18.7. The van der Waals surface area contributed by atoms with Crippen molar-refractivity contribution in [3.05, 3.63) is 130 Å². The second-order valence-electron chi connectivity index (χ2n) is 16.6. The molecule has 4 saturated heterocycles. The molecule has 28 nitrogen and oxygen atoms in total. The van der Waals surface area contributed by atoms with Gasteiger partial charge in [-0.2, -0.15) is 0 Å². The molecule has 0 unspecified atom stereocenters. The second-order valence-corrected chi connectivity index (χ2v) is 16.6. The molecule has 400 valence electrons. The first-order valence-corrected chi connectivity index (χ1v) is 21.4. The van der Waals surface area contributed by atoms with Crippen LogP contribution in [-0.2, 0) is 18.9 Å². The van der Waals surface area contributed by atoms with Crippen LogP contribution in [0.15, 0.2) is 63.1 Å². The minimum absolute atomic E-state index is 0.215. The van der Waals surface area contributed by atoms with E-state index in [-0.39, 0.29) is 22.3 Å². The lowest BCUT2D eigenvalue weighted by molar-refractivity contribution is -0.0492. The lowest BCUT2D eigenvalue weighted by atomic mass is 10.1. The van der Waals surface area contributed by atoms with Crippen LogP contribution < -0.4 is 45.0 Å². The number of aromatic amines is 4. The molecule has 4 fully saturated rings. The lowest BCUT2D eigenvalue weighted by Crippen LogP contribution is -2.36.